The highest BCUT2D eigenvalue weighted by atomic mass is 32.1. The zero-order valence-electron chi connectivity index (χ0n) is 25.9. The van der Waals surface area contributed by atoms with Crippen molar-refractivity contribution in [3.63, 3.8) is 0 Å². The average molecular weight is 551 g/mol. The third-order valence-corrected chi connectivity index (χ3v) is 9.41. The van der Waals surface area contributed by atoms with Crippen molar-refractivity contribution >= 4 is 42.9 Å². The molecule has 3 heteroatoms. The van der Waals surface area contributed by atoms with Gasteiger partial charge in [0.1, 0.15) is 0 Å². The largest absolute Gasteiger partial charge is 0.371 e. The van der Waals surface area contributed by atoms with Gasteiger partial charge >= 0.3 is 0 Å². The van der Waals surface area contributed by atoms with Crippen LogP contribution in [0.3, 0.4) is 0 Å². The van der Waals surface area contributed by atoms with Gasteiger partial charge in [0.05, 0.1) is 0 Å². The Labute approximate surface area is 245 Å². The van der Waals surface area contributed by atoms with E-state index in [0.717, 1.165) is 0 Å². The molecule has 1 heterocycles. The maximum atomic E-state index is 2.75. The minimum absolute atomic E-state index is 1.18. The van der Waals surface area contributed by atoms with E-state index in [1.165, 1.54) is 160 Å². The first-order chi connectivity index (χ1) is 19.2. The van der Waals surface area contributed by atoms with Gasteiger partial charge in [-0.3, -0.25) is 0 Å². The van der Waals surface area contributed by atoms with E-state index in [2.05, 4.69) is 73.9 Å². The lowest BCUT2D eigenvalue weighted by Crippen LogP contribution is -2.27. The van der Waals surface area contributed by atoms with Crippen molar-refractivity contribution in [2.75, 3.05) is 36.0 Å². The van der Waals surface area contributed by atoms with Crippen LogP contribution in [0.5, 0.6) is 0 Å². The Morgan fingerprint density at radius 2 is 0.769 bits per heavy atom. The van der Waals surface area contributed by atoms with Crippen molar-refractivity contribution in [3.05, 3.63) is 36.4 Å². The van der Waals surface area contributed by atoms with E-state index in [-0.39, 0.29) is 0 Å². The predicted molar refractivity (Wildman–Crippen MR) is 180 cm³/mol. The lowest BCUT2D eigenvalue weighted by molar-refractivity contribution is 0.609. The van der Waals surface area contributed by atoms with Crippen LogP contribution in [0.15, 0.2) is 36.4 Å². The fraction of sp³-hybridized carbons (Fsp3) is 0.667. The van der Waals surface area contributed by atoms with Gasteiger partial charge in [0, 0.05) is 57.7 Å². The van der Waals surface area contributed by atoms with Crippen LogP contribution in [-0.2, 0) is 0 Å². The van der Waals surface area contributed by atoms with E-state index in [0.29, 0.717) is 0 Å². The maximum absolute atomic E-state index is 2.75. The molecule has 0 saturated carbocycles. The molecule has 1 aromatic heterocycles. The molecule has 39 heavy (non-hydrogen) atoms. The molecular weight excluding hydrogens is 492 g/mol. The third kappa shape index (κ3) is 9.69. The van der Waals surface area contributed by atoms with Gasteiger partial charge in [-0.2, -0.15) is 0 Å². The van der Waals surface area contributed by atoms with Crippen LogP contribution in [0, 0.1) is 0 Å². The minimum atomic E-state index is 1.18. The number of unbranched alkanes of at least 4 members (excludes halogenated alkanes) is 12. The molecule has 0 atom stereocenters. The Kier molecular flexibility index (Phi) is 15.1. The van der Waals surface area contributed by atoms with Gasteiger partial charge in [-0.05, 0) is 49.9 Å². The Bertz CT molecular complexity index is 949. The Morgan fingerprint density at radius 1 is 0.436 bits per heavy atom. The maximum Gasteiger partial charge on any atom is 0.0461 e. The molecule has 0 radical (unpaired) electrons. The summed E-state index contributed by atoms with van der Waals surface area (Å²) in [6.07, 6.45) is 21.2. The SMILES string of the molecule is CCCCCCN(CCCCCC)c1cccc2sc3cccc(N(CCCCCC)CCCCCC)c3c12. The number of rotatable bonds is 22. The van der Waals surface area contributed by atoms with Crippen LogP contribution in [0.25, 0.3) is 20.2 Å². The number of hydrogen-bond acceptors (Lipinski definition) is 3. The van der Waals surface area contributed by atoms with E-state index >= 15 is 0 Å². The van der Waals surface area contributed by atoms with Crippen molar-refractivity contribution in [1.29, 1.82) is 0 Å². The molecule has 218 valence electrons. The fourth-order valence-electron chi connectivity index (χ4n) is 5.98. The standard InChI is InChI=1S/C36H58N2S/c1-5-9-13-17-27-37(28-18-14-10-6-2)31-23-21-25-33-35(31)36-32(24-22-26-34(36)39-33)38(29-19-15-11-7-3)30-20-16-12-8-4/h21-26H,5-20,27-30H2,1-4H3. The topological polar surface area (TPSA) is 6.48 Å². The molecule has 0 fully saturated rings. The summed E-state index contributed by atoms with van der Waals surface area (Å²) in [5.74, 6) is 0. The molecule has 2 aromatic carbocycles. The van der Waals surface area contributed by atoms with Crippen molar-refractivity contribution in [3.8, 4) is 0 Å². The van der Waals surface area contributed by atoms with Crippen molar-refractivity contribution < 1.29 is 0 Å². The van der Waals surface area contributed by atoms with Crippen molar-refractivity contribution in [1.82, 2.24) is 0 Å². The van der Waals surface area contributed by atoms with Crippen LogP contribution >= 0.6 is 11.3 Å². The van der Waals surface area contributed by atoms with E-state index in [1.54, 1.807) is 0 Å². The number of thiophene rings is 1. The third-order valence-electron chi connectivity index (χ3n) is 8.29. The minimum Gasteiger partial charge on any atom is -0.371 e. The van der Waals surface area contributed by atoms with E-state index in [4.69, 9.17) is 0 Å². The average Bonchev–Trinajstić information content (AvgIpc) is 3.35. The van der Waals surface area contributed by atoms with Gasteiger partial charge in [-0.25, -0.2) is 0 Å². The zero-order valence-corrected chi connectivity index (χ0v) is 26.7. The van der Waals surface area contributed by atoms with E-state index < -0.39 is 0 Å². The predicted octanol–water partition coefficient (Wildman–Crippen LogP) is 12.0. The second kappa shape index (κ2) is 18.6. The highest BCUT2D eigenvalue weighted by Crippen LogP contribution is 2.44. The molecule has 0 saturated heterocycles. The van der Waals surface area contributed by atoms with Gasteiger partial charge in [0.15, 0.2) is 0 Å². The van der Waals surface area contributed by atoms with Gasteiger partial charge in [0.25, 0.3) is 0 Å². The summed E-state index contributed by atoms with van der Waals surface area (Å²) in [5.41, 5.74) is 2.97. The first-order valence-corrected chi connectivity index (χ1v) is 17.5. The molecule has 0 bridgehead atoms. The molecule has 0 N–H and O–H groups in total. The molecule has 0 aliphatic heterocycles. The molecule has 3 rings (SSSR count). The van der Waals surface area contributed by atoms with Crippen molar-refractivity contribution in [2.24, 2.45) is 0 Å². The summed E-state index contributed by atoms with van der Waals surface area (Å²) < 4.78 is 2.91. The van der Waals surface area contributed by atoms with Crippen LogP contribution in [0.2, 0.25) is 0 Å². The lowest BCUT2D eigenvalue weighted by atomic mass is 10.0. The van der Waals surface area contributed by atoms with Crippen LogP contribution in [-0.4, -0.2) is 26.2 Å². The Balaban J connectivity index is 2.00. The van der Waals surface area contributed by atoms with Gasteiger partial charge < -0.3 is 9.80 Å². The number of hydrogen-bond donors (Lipinski definition) is 0. The molecule has 0 aliphatic carbocycles. The fourth-order valence-corrected chi connectivity index (χ4v) is 7.13. The molecular formula is C36H58N2S. The summed E-state index contributed by atoms with van der Waals surface area (Å²) in [5, 5.41) is 3.04. The second-order valence-electron chi connectivity index (χ2n) is 11.6. The second-order valence-corrected chi connectivity index (χ2v) is 12.7. The van der Waals surface area contributed by atoms with Crippen LogP contribution in [0.4, 0.5) is 11.4 Å². The number of nitrogens with zero attached hydrogens (tertiary/aromatic N) is 2. The van der Waals surface area contributed by atoms with Gasteiger partial charge in [0.2, 0.25) is 0 Å². The van der Waals surface area contributed by atoms with E-state index in [1.807, 2.05) is 11.3 Å². The Hall–Kier alpha value is -1.74. The van der Waals surface area contributed by atoms with Gasteiger partial charge in [-0.1, -0.05) is 117 Å². The van der Waals surface area contributed by atoms with Crippen LogP contribution in [0.1, 0.15) is 130 Å². The molecule has 0 unspecified atom stereocenters. The first kappa shape index (κ1) is 31.8. The Morgan fingerprint density at radius 3 is 1.08 bits per heavy atom. The molecule has 0 spiro atoms. The quantitative estimate of drug-likeness (QED) is 0.115. The number of anilines is 2. The molecule has 0 aliphatic rings. The highest BCUT2D eigenvalue weighted by molar-refractivity contribution is 7.26. The summed E-state index contributed by atoms with van der Waals surface area (Å²) in [7, 11) is 0. The first-order valence-electron chi connectivity index (χ1n) is 16.7. The molecule has 3 aromatic rings. The monoisotopic (exact) mass is 550 g/mol. The molecule has 0 amide bonds. The summed E-state index contributed by atoms with van der Waals surface area (Å²) in [6, 6.07) is 14.2. The lowest BCUT2D eigenvalue weighted by Gasteiger charge is -2.28. The van der Waals surface area contributed by atoms with Gasteiger partial charge in [-0.15, -0.1) is 11.3 Å². The summed E-state index contributed by atoms with van der Waals surface area (Å²) in [6.45, 7) is 14.0. The highest BCUT2D eigenvalue weighted by Gasteiger charge is 2.19. The van der Waals surface area contributed by atoms with Crippen LogP contribution < -0.4 is 9.80 Å². The summed E-state index contributed by atoms with van der Waals surface area (Å²) >= 11 is 2.00. The van der Waals surface area contributed by atoms with E-state index in [9.17, 15) is 0 Å². The zero-order chi connectivity index (χ0) is 27.7. The summed E-state index contributed by atoms with van der Waals surface area (Å²) in [4.78, 5) is 5.51. The number of benzene rings is 2. The normalized spacial score (nSPS) is 11.6. The van der Waals surface area contributed by atoms with Crippen molar-refractivity contribution in [2.45, 2.75) is 130 Å². The number of fused-ring (bicyclic) bond motifs is 3. The molecule has 2 nitrogen and oxygen atoms in total. The smallest absolute Gasteiger partial charge is 0.0461 e.